The number of carbonyl (C=O) groups is 3. The van der Waals surface area contributed by atoms with Crippen LogP contribution in [0.4, 0.5) is 4.79 Å². The number of aromatic nitrogens is 1. The first kappa shape index (κ1) is 26.2. The summed E-state index contributed by atoms with van der Waals surface area (Å²) in [7, 11) is 0. The van der Waals surface area contributed by atoms with Crippen LogP contribution in [0.25, 0.3) is 6.08 Å². The molecule has 1 aromatic heterocycles. The lowest BCUT2D eigenvalue weighted by Crippen LogP contribution is -2.63. The molecule has 2 N–H and O–H groups in total. The van der Waals surface area contributed by atoms with Crippen LogP contribution in [0, 0.1) is 17.8 Å². The van der Waals surface area contributed by atoms with E-state index in [0.29, 0.717) is 10.6 Å². The molecule has 0 spiro atoms. The molecule has 0 bridgehead atoms. The molecule has 1 fully saturated rings. The van der Waals surface area contributed by atoms with E-state index in [0.717, 1.165) is 4.88 Å². The van der Waals surface area contributed by atoms with Crippen molar-refractivity contribution in [1.29, 1.82) is 0 Å². The third kappa shape index (κ3) is 5.45. The summed E-state index contributed by atoms with van der Waals surface area (Å²) >= 11 is 2.61. The third-order valence-corrected chi connectivity index (χ3v) is 7.37. The molecule has 0 radical (unpaired) electrons. The van der Waals surface area contributed by atoms with Crippen LogP contribution in [-0.2, 0) is 30.4 Å². The fraction of sp³-hybridized carbons (Fsp3) is 0.545. The Bertz CT molecular complexity index is 987. The average Bonchev–Trinajstić information content (AvgIpc) is 3.32. The SMILES string of the molecule is CC(C)COC(=O)OCOC(=O)C1=C(S/C=C\c2scnc2CO)[C@H](C)[C@@H]2[C@@H]([C@@H](C)O)C(=O)N12. The monoisotopic (exact) mass is 512 g/mol. The lowest BCUT2D eigenvalue weighted by atomic mass is 9.79. The van der Waals surface area contributed by atoms with Gasteiger partial charge in [-0.1, -0.05) is 32.5 Å². The van der Waals surface area contributed by atoms with Crippen molar-refractivity contribution < 1.29 is 38.8 Å². The summed E-state index contributed by atoms with van der Waals surface area (Å²) in [5.74, 6) is -1.90. The molecule has 0 saturated carbocycles. The highest BCUT2D eigenvalue weighted by atomic mass is 32.2. The van der Waals surface area contributed by atoms with E-state index in [1.807, 2.05) is 20.8 Å². The number of hydrogen-bond acceptors (Lipinski definition) is 11. The van der Waals surface area contributed by atoms with Crippen molar-refractivity contribution >= 4 is 47.2 Å². The fourth-order valence-corrected chi connectivity index (χ4v) is 5.62. The van der Waals surface area contributed by atoms with Gasteiger partial charge in [-0.15, -0.1) is 11.3 Å². The highest BCUT2D eigenvalue weighted by Gasteiger charge is 2.60. The summed E-state index contributed by atoms with van der Waals surface area (Å²) in [5, 5.41) is 21.2. The Kier molecular flexibility index (Phi) is 8.74. The van der Waals surface area contributed by atoms with Crippen LogP contribution < -0.4 is 0 Å². The maximum atomic E-state index is 12.9. The van der Waals surface area contributed by atoms with Crippen molar-refractivity contribution in [1.82, 2.24) is 9.88 Å². The Morgan fingerprint density at radius 1 is 1.29 bits per heavy atom. The van der Waals surface area contributed by atoms with Crippen molar-refractivity contribution in [3.63, 3.8) is 0 Å². The van der Waals surface area contributed by atoms with Crippen LogP contribution in [-0.4, -0.2) is 63.7 Å². The predicted molar refractivity (Wildman–Crippen MR) is 125 cm³/mol. The molecule has 0 unspecified atom stereocenters. The van der Waals surface area contributed by atoms with Crippen LogP contribution in [0.5, 0.6) is 0 Å². The molecule has 3 rings (SSSR count). The second-order valence-corrected chi connectivity index (χ2v) is 10.2. The zero-order valence-corrected chi connectivity index (χ0v) is 20.9. The van der Waals surface area contributed by atoms with Crippen LogP contribution in [0.15, 0.2) is 21.5 Å². The summed E-state index contributed by atoms with van der Waals surface area (Å²) < 4.78 is 14.8. The molecular formula is C22H28N2O8S2. The number of thiazole rings is 1. The molecule has 1 amide bonds. The number of hydrogen-bond donors (Lipinski definition) is 2. The van der Waals surface area contributed by atoms with Gasteiger partial charge in [0.15, 0.2) is 0 Å². The molecule has 34 heavy (non-hydrogen) atoms. The van der Waals surface area contributed by atoms with Crippen molar-refractivity contribution in [2.75, 3.05) is 13.4 Å². The largest absolute Gasteiger partial charge is 0.511 e. The predicted octanol–water partition coefficient (Wildman–Crippen LogP) is 2.72. The lowest BCUT2D eigenvalue weighted by molar-refractivity contribution is -0.166. The molecular weight excluding hydrogens is 484 g/mol. The van der Waals surface area contributed by atoms with Gasteiger partial charge in [0.1, 0.15) is 5.70 Å². The third-order valence-electron chi connectivity index (χ3n) is 5.44. The smallest absolute Gasteiger partial charge is 0.434 e. The first-order valence-corrected chi connectivity index (χ1v) is 12.5. The number of β-lactam (4-membered cyclic amide) rings is 1. The quantitative estimate of drug-likeness (QED) is 0.274. The Morgan fingerprint density at radius 3 is 2.68 bits per heavy atom. The molecule has 4 atom stereocenters. The van der Waals surface area contributed by atoms with Crippen molar-refractivity contribution in [3.8, 4) is 0 Å². The summed E-state index contributed by atoms with van der Waals surface area (Å²) in [6.07, 6.45) is -0.0469. The highest BCUT2D eigenvalue weighted by molar-refractivity contribution is 8.06. The fourth-order valence-electron chi connectivity index (χ4n) is 3.85. The number of fused-ring (bicyclic) bond motifs is 1. The second kappa shape index (κ2) is 11.3. The minimum Gasteiger partial charge on any atom is -0.434 e. The number of carbonyl (C=O) groups excluding carboxylic acids is 3. The highest BCUT2D eigenvalue weighted by Crippen LogP contribution is 2.51. The summed E-state index contributed by atoms with van der Waals surface area (Å²) in [6.45, 7) is 6.49. The average molecular weight is 513 g/mol. The molecule has 1 saturated heterocycles. The molecule has 186 valence electrons. The van der Waals surface area contributed by atoms with E-state index in [4.69, 9.17) is 14.2 Å². The zero-order valence-electron chi connectivity index (χ0n) is 19.3. The van der Waals surface area contributed by atoms with Gasteiger partial charge in [0, 0.05) is 10.8 Å². The first-order valence-electron chi connectivity index (χ1n) is 10.8. The van der Waals surface area contributed by atoms with Gasteiger partial charge in [0.05, 0.1) is 47.4 Å². The molecule has 0 aromatic carbocycles. The number of rotatable bonds is 10. The van der Waals surface area contributed by atoms with Gasteiger partial charge >= 0.3 is 12.1 Å². The van der Waals surface area contributed by atoms with Crippen LogP contribution in [0.1, 0.15) is 38.3 Å². The van der Waals surface area contributed by atoms with E-state index in [1.165, 1.54) is 28.0 Å². The normalized spacial score (nSPS) is 22.7. The minimum absolute atomic E-state index is 0.0693. The van der Waals surface area contributed by atoms with Crippen LogP contribution in [0.2, 0.25) is 0 Å². The molecule has 1 aromatic rings. The van der Waals surface area contributed by atoms with Crippen LogP contribution >= 0.6 is 23.1 Å². The number of aliphatic hydroxyl groups is 2. The molecule has 3 heterocycles. The van der Waals surface area contributed by atoms with Gasteiger partial charge in [-0.3, -0.25) is 4.79 Å². The number of amides is 1. The molecule has 2 aliphatic rings. The Hall–Kier alpha value is -2.41. The number of nitrogens with zero attached hydrogens (tertiary/aromatic N) is 2. The summed E-state index contributed by atoms with van der Waals surface area (Å²) in [5.41, 5.74) is 2.24. The lowest BCUT2D eigenvalue weighted by Gasteiger charge is -2.46. The molecule has 10 nitrogen and oxygen atoms in total. The van der Waals surface area contributed by atoms with Gasteiger partial charge in [-0.2, -0.15) is 0 Å². The van der Waals surface area contributed by atoms with Crippen LogP contribution in [0.3, 0.4) is 0 Å². The van der Waals surface area contributed by atoms with Crippen molar-refractivity contribution in [2.45, 2.75) is 46.4 Å². The molecule has 12 heteroatoms. The van der Waals surface area contributed by atoms with E-state index in [2.05, 4.69) is 4.98 Å². The van der Waals surface area contributed by atoms with Gasteiger partial charge < -0.3 is 29.3 Å². The standard InChI is InChI=1S/C22H28N2O8S2/c1-11(2)8-30-22(29)32-10-31-21(28)18-19(33-6-5-15-14(7-25)23-9-34-15)12(3)17-16(13(4)26)20(27)24(17)18/h5-6,9,11-13,16-17,25-26H,7-8,10H2,1-4H3/b6-5-/t12-,13-,16-,17-/m1/s1. The summed E-state index contributed by atoms with van der Waals surface area (Å²) in [6, 6.07) is -0.376. The van der Waals surface area contributed by atoms with E-state index in [9.17, 15) is 24.6 Å². The molecule has 2 aliphatic heterocycles. The Morgan fingerprint density at radius 2 is 2.03 bits per heavy atom. The number of thioether (sulfide) groups is 1. The van der Waals surface area contributed by atoms with E-state index in [1.54, 1.807) is 23.9 Å². The number of ether oxygens (including phenoxy) is 3. The second-order valence-electron chi connectivity index (χ2n) is 8.36. The topological polar surface area (TPSA) is 135 Å². The maximum absolute atomic E-state index is 12.9. The minimum atomic E-state index is -0.955. The van der Waals surface area contributed by atoms with Gasteiger partial charge in [-0.25, -0.2) is 14.6 Å². The van der Waals surface area contributed by atoms with Crippen molar-refractivity contribution in [3.05, 3.63) is 32.1 Å². The zero-order chi connectivity index (χ0) is 25.0. The Balaban J connectivity index is 1.74. The molecule has 0 aliphatic carbocycles. The first-order chi connectivity index (χ1) is 16.2. The Labute approximate surface area is 205 Å². The van der Waals surface area contributed by atoms with Crippen molar-refractivity contribution in [2.24, 2.45) is 17.8 Å². The van der Waals surface area contributed by atoms with Gasteiger partial charge in [0.2, 0.25) is 12.7 Å². The number of aliphatic hydroxyl groups excluding tert-OH is 2. The van der Waals surface area contributed by atoms with Gasteiger partial charge in [0.25, 0.3) is 0 Å². The summed E-state index contributed by atoms with van der Waals surface area (Å²) in [4.78, 5) is 44.0. The number of esters is 1. The maximum Gasteiger partial charge on any atom is 0.511 e. The van der Waals surface area contributed by atoms with E-state index >= 15 is 0 Å². The van der Waals surface area contributed by atoms with E-state index in [-0.39, 0.29) is 42.7 Å². The van der Waals surface area contributed by atoms with E-state index < -0.39 is 30.9 Å². The van der Waals surface area contributed by atoms with Gasteiger partial charge in [-0.05, 0) is 24.3 Å².